The van der Waals surface area contributed by atoms with Crippen molar-refractivity contribution < 1.29 is 19.2 Å². The molecule has 0 aliphatic heterocycles. The van der Waals surface area contributed by atoms with E-state index in [0.717, 1.165) is 6.42 Å². The maximum atomic E-state index is 11.6. The predicted molar refractivity (Wildman–Crippen MR) is 63.3 cm³/mol. The molecule has 0 spiro atoms. The minimum absolute atomic E-state index is 0.289. The normalized spacial score (nSPS) is 22.1. The Labute approximate surface area is 109 Å². The molecule has 1 aromatic rings. The first-order chi connectivity index (χ1) is 9.16. The van der Waals surface area contributed by atoms with Gasteiger partial charge in [-0.15, -0.1) is 0 Å². The molecule has 1 aromatic heterocycles. The molecule has 0 aromatic carbocycles. The van der Waals surface area contributed by atoms with Gasteiger partial charge in [0.05, 0.1) is 5.92 Å². The van der Waals surface area contributed by atoms with Gasteiger partial charge in [0.2, 0.25) is 6.39 Å². The molecule has 2 rings (SSSR count). The Morgan fingerprint density at radius 2 is 2.32 bits per heavy atom. The van der Waals surface area contributed by atoms with E-state index in [4.69, 9.17) is 5.11 Å². The average Bonchev–Trinajstić information content (AvgIpc) is 2.99. The van der Waals surface area contributed by atoms with Gasteiger partial charge in [0.15, 0.2) is 5.82 Å². The molecule has 2 unspecified atom stereocenters. The van der Waals surface area contributed by atoms with Crippen molar-refractivity contribution >= 4 is 12.0 Å². The molecular weight excluding hydrogens is 252 g/mol. The number of nitrogens with one attached hydrogen (secondary N) is 2. The Bertz CT molecular complexity index is 434. The summed E-state index contributed by atoms with van der Waals surface area (Å²) >= 11 is 0. The molecule has 0 bridgehead atoms. The quantitative estimate of drug-likeness (QED) is 0.700. The topological polar surface area (TPSA) is 117 Å². The number of hydrogen-bond donors (Lipinski definition) is 3. The molecule has 2 atom stereocenters. The highest BCUT2D eigenvalue weighted by Crippen LogP contribution is 2.25. The van der Waals surface area contributed by atoms with Crippen molar-refractivity contribution in [2.75, 3.05) is 6.54 Å². The van der Waals surface area contributed by atoms with E-state index in [1.54, 1.807) is 0 Å². The number of amides is 2. The number of carboxylic acids is 1. The predicted octanol–water partition coefficient (Wildman–Crippen LogP) is 0.165. The first-order valence-electron chi connectivity index (χ1n) is 6.19. The van der Waals surface area contributed by atoms with Crippen LogP contribution in [0.5, 0.6) is 0 Å². The van der Waals surface area contributed by atoms with Crippen molar-refractivity contribution in [3.8, 4) is 0 Å². The number of hydrogen-bond acceptors (Lipinski definition) is 5. The summed E-state index contributed by atoms with van der Waals surface area (Å²) in [4.78, 5) is 26.4. The van der Waals surface area contributed by atoms with Gasteiger partial charge >= 0.3 is 12.0 Å². The molecule has 1 aliphatic rings. The van der Waals surface area contributed by atoms with Gasteiger partial charge in [0.1, 0.15) is 0 Å². The fourth-order valence-corrected chi connectivity index (χ4v) is 2.24. The zero-order valence-electron chi connectivity index (χ0n) is 10.3. The monoisotopic (exact) mass is 268 g/mol. The van der Waals surface area contributed by atoms with Gasteiger partial charge in [-0.1, -0.05) is 11.6 Å². The van der Waals surface area contributed by atoms with Gasteiger partial charge in [-0.3, -0.25) is 4.79 Å². The van der Waals surface area contributed by atoms with Crippen LogP contribution < -0.4 is 10.6 Å². The fraction of sp³-hybridized carbons (Fsp3) is 0.636. The van der Waals surface area contributed by atoms with Crippen molar-refractivity contribution in [1.82, 2.24) is 20.8 Å². The summed E-state index contributed by atoms with van der Waals surface area (Å²) < 4.78 is 4.57. The van der Waals surface area contributed by atoms with Crippen molar-refractivity contribution in [3.05, 3.63) is 12.2 Å². The lowest BCUT2D eigenvalue weighted by atomic mass is 10.0. The second-order valence-electron chi connectivity index (χ2n) is 4.48. The largest absolute Gasteiger partial charge is 0.481 e. The first kappa shape index (κ1) is 13.3. The smallest absolute Gasteiger partial charge is 0.315 e. The molecule has 8 nitrogen and oxygen atoms in total. The summed E-state index contributed by atoms with van der Waals surface area (Å²) in [5.74, 6) is -0.817. The second-order valence-corrected chi connectivity index (χ2v) is 4.48. The lowest BCUT2D eigenvalue weighted by Gasteiger charge is -2.17. The van der Waals surface area contributed by atoms with Gasteiger partial charge in [-0.2, -0.15) is 4.98 Å². The maximum Gasteiger partial charge on any atom is 0.315 e. The zero-order valence-corrected chi connectivity index (χ0v) is 10.3. The van der Waals surface area contributed by atoms with E-state index in [-0.39, 0.29) is 12.1 Å². The van der Waals surface area contributed by atoms with Crippen molar-refractivity contribution in [2.24, 2.45) is 5.92 Å². The highest BCUT2D eigenvalue weighted by molar-refractivity contribution is 5.77. The van der Waals surface area contributed by atoms with Crippen LogP contribution in [0, 0.1) is 5.92 Å². The molecule has 1 saturated carbocycles. The van der Waals surface area contributed by atoms with Crippen molar-refractivity contribution in [1.29, 1.82) is 0 Å². The molecule has 8 heteroatoms. The highest BCUT2D eigenvalue weighted by atomic mass is 16.5. The summed E-state index contributed by atoms with van der Waals surface area (Å²) in [6.45, 7) is 0.371. The lowest BCUT2D eigenvalue weighted by Crippen LogP contribution is -2.45. The molecule has 19 heavy (non-hydrogen) atoms. The maximum absolute atomic E-state index is 11.6. The summed E-state index contributed by atoms with van der Waals surface area (Å²) in [7, 11) is 0. The number of carbonyl (C=O) groups is 2. The van der Waals surface area contributed by atoms with E-state index >= 15 is 0 Å². The molecule has 2 amide bonds. The van der Waals surface area contributed by atoms with Crippen LogP contribution in [0.4, 0.5) is 4.79 Å². The number of aromatic nitrogens is 2. The molecule has 1 aliphatic carbocycles. The Hall–Kier alpha value is -2.12. The summed E-state index contributed by atoms with van der Waals surface area (Å²) in [6, 6.07) is -0.649. The van der Waals surface area contributed by atoms with E-state index in [9.17, 15) is 9.59 Å². The van der Waals surface area contributed by atoms with E-state index in [2.05, 4.69) is 25.3 Å². The van der Waals surface area contributed by atoms with Crippen LogP contribution in [0.15, 0.2) is 10.9 Å². The third kappa shape index (κ3) is 3.67. The van der Waals surface area contributed by atoms with E-state index < -0.39 is 11.9 Å². The molecule has 0 saturated heterocycles. The van der Waals surface area contributed by atoms with Crippen LogP contribution in [-0.4, -0.2) is 39.8 Å². The molecule has 1 heterocycles. The molecule has 3 N–H and O–H groups in total. The van der Waals surface area contributed by atoms with Crippen LogP contribution in [0.2, 0.25) is 0 Å². The van der Waals surface area contributed by atoms with Crippen LogP contribution in [0.1, 0.15) is 25.1 Å². The minimum Gasteiger partial charge on any atom is -0.481 e. The van der Waals surface area contributed by atoms with E-state index in [0.29, 0.717) is 31.6 Å². The molecular formula is C11H16N4O4. The Kier molecular flexibility index (Phi) is 4.32. The minimum atomic E-state index is -0.852. The van der Waals surface area contributed by atoms with Gasteiger partial charge in [-0.25, -0.2) is 4.79 Å². The summed E-state index contributed by atoms with van der Waals surface area (Å²) in [5.41, 5.74) is 0. The second kappa shape index (κ2) is 6.17. The van der Waals surface area contributed by atoms with Gasteiger partial charge in [0, 0.05) is 19.0 Å². The molecule has 104 valence electrons. The fourth-order valence-electron chi connectivity index (χ4n) is 2.24. The Balaban J connectivity index is 1.70. The summed E-state index contributed by atoms with van der Waals surface area (Å²) in [6.07, 6.45) is 3.84. The average molecular weight is 268 g/mol. The van der Waals surface area contributed by atoms with Crippen LogP contribution in [-0.2, 0) is 11.2 Å². The first-order valence-corrected chi connectivity index (χ1v) is 6.19. The molecule has 1 fully saturated rings. The van der Waals surface area contributed by atoms with E-state index in [1.165, 1.54) is 6.39 Å². The van der Waals surface area contributed by atoms with Gasteiger partial charge < -0.3 is 20.3 Å². The standard InChI is InChI=1S/C11H16N4O4/c16-10(17)7-2-1-3-8(7)14-11(18)12-5-4-9-13-6-19-15-9/h6-8H,1-5H2,(H,16,17)(H2,12,14,18). The number of rotatable bonds is 5. The number of carboxylic acid groups (broad SMARTS) is 1. The number of urea groups is 1. The summed E-state index contributed by atoms with van der Waals surface area (Å²) in [5, 5.41) is 18.0. The van der Waals surface area contributed by atoms with Crippen molar-refractivity contribution in [3.63, 3.8) is 0 Å². The van der Waals surface area contributed by atoms with Crippen LogP contribution in [0.3, 0.4) is 0 Å². The highest BCUT2D eigenvalue weighted by Gasteiger charge is 2.33. The Morgan fingerprint density at radius 3 is 3.00 bits per heavy atom. The third-order valence-electron chi connectivity index (χ3n) is 3.19. The van der Waals surface area contributed by atoms with E-state index in [1.807, 2.05) is 0 Å². The zero-order chi connectivity index (χ0) is 13.7. The SMILES string of the molecule is O=C(NCCc1ncon1)NC1CCCC1C(=O)O. The lowest BCUT2D eigenvalue weighted by molar-refractivity contribution is -0.142. The van der Waals surface area contributed by atoms with Gasteiger partial charge in [-0.05, 0) is 12.8 Å². The number of nitrogens with zero attached hydrogens (tertiary/aromatic N) is 2. The van der Waals surface area contributed by atoms with Gasteiger partial charge in [0.25, 0.3) is 0 Å². The Morgan fingerprint density at radius 1 is 1.47 bits per heavy atom. The third-order valence-corrected chi connectivity index (χ3v) is 3.19. The van der Waals surface area contributed by atoms with Crippen molar-refractivity contribution in [2.45, 2.75) is 31.7 Å². The number of aliphatic carboxylic acids is 1. The van der Waals surface area contributed by atoms with Crippen LogP contribution in [0.25, 0.3) is 0 Å². The number of carbonyl (C=O) groups excluding carboxylic acids is 1. The molecule has 0 radical (unpaired) electrons. The van der Waals surface area contributed by atoms with Crippen LogP contribution >= 0.6 is 0 Å².